The third kappa shape index (κ3) is 1.96. The zero-order valence-electron chi connectivity index (χ0n) is 7.84. The Morgan fingerprint density at radius 3 is 2.86 bits per heavy atom. The third-order valence-electron chi connectivity index (χ3n) is 2.30. The second-order valence-corrected chi connectivity index (χ2v) is 4.55. The first kappa shape index (κ1) is 10.1. The normalized spacial score (nSPS) is 21.7. The smallest absolute Gasteiger partial charge is 0.166 e. The summed E-state index contributed by atoms with van der Waals surface area (Å²) in [7, 11) is 0. The maximum absolute atomic E-state index is 11.7. The third-order valence-corrected chi connectivity index (χ3v) is 3.24. The van der Waals surface area contributed by atoms with Crippen LogP contribution in [0.2, 0.25) is 0 Å². The van der Waals surface area contributed by atoms with Crippen molar-refractivity contribution in [2.24, 2.45) is 10.9 Å². The fourth-order valence-electron chi connectivity index (χ4n) is 1.32. The summed E-state index contributed by atoms with van der Waals surface area (Å²) in [4.78, 5) is 15.9. The zero-order chi connectivity index (χ0) is 10.1. The van der Waals surface area contributed by atoms with Crippen molar-refractivity contribution in [2.45, 2.75) is 12.8 Å². The first-order chi connectivity index (χ1) is 6.72. The maximum atomic E-state index is 11.7. The van der Waals surface area contributed by atoms with Gasteiger partial charge in [-0.15, -0.1) is 0 Å². The number of carbonyl (C=O) groups is 1. The number of halogens is 1. The molecule has 2 rings (SSSR count). The number of ketones is 1. The van der Waals surface area contributed by atoms with Crippen molar-refractivity contribution in [3.8, 4) is 0 Å². The second-order valence-electron chi connectivity index (χ2n) is 3.38. The van der Waals surface area contributed by atoms with Crippen LogP contribution in [0.5, 0.6) is 0 Å². The lowest BCUT2D eigenvalue weighted by molar-refractivity contribution is -0.116. The first-order valence-corrected chi connectivity index (χ1v) is 6.11. The molecule has 1 saturated carbocycles. The summed E-state index contributed by atoms with van der Waals surface area (Å²) in [6, 6.07) is 0. The zero-order valence-corrected chi connectivity index (χ0v) is 9.41. The Kier molecular flexibility index (Phi) is 2.83. The lowest BCUT2D eigenvalue weighted by Crippen LogP contribution is -2.27. The van der Waals surface area contributed by atoms with E-state index in [4.69, 9.17) is 11.6 Å². The largest absolute Gasteiger partial charge is 0.325 e. The number of rotatable bonds is 2. The summed E-state index contributed by atoms with van der Waals surface area (Å²) in [5, 5.41) is 4.16. The summed E-state index contributed by atoms with van der Waals surface area (Å²) < 4.78 is 0. The van der Waals surface area contributed by atoms with E-state index in [2.05, 4.69) is 10.3 Å². The van der Waals surface area contributed by atoms with E-state index < -0.39 is 0 Å². The van der Waals surface area contributed by atoms with Crippen molar-refractivity contribution >= 4 is 34.3 Å². The molecule has 0 amide bonds. The topological polar surface area (TPSA) is 41.5 Å². The standard InChI is InChI=1S/C9H11ClN2OS/c1-14-9-11-4-6(8(10)12-9)7(13)5-2-3-5/h5H,2-4H2,1H3,(H,11,12). The van der Waals surface area contributed by atoms with Crippen LogP contribution in [-0.2, 0) is 4.79 Å². The Balaban J connectivity index is 2.09. The molecule has 1 N–H and O–H groups in total. The number of hydrogen-bond donors (Lipinski definition) is 1. The van der Waals surface area contributed by atoms with Crippen molar-refractivity contribution in [3.63, 3.8) is 0 Å². The van der Waals surface area contributed by atoms with Gasteiger partial charge >= 0.3 is 0 Å². The summed E-state index contributed by atoms with van der Waals surface area (Å²) in [6.45, 7) is 0.428. The molecule has 1 fully saturated rings. The number of amidine groups is 1. The monoisotopic (exact) mass is 230 g/mol. The van der Waals surface area contributed by atoms with Gasteiger partial charge in [0.1, 0.15) is 5.16 Å². The van der Waals surface area contributed by atoms with Crippen LogP contribution in [-0.4, -0.2) is 23.8 Å². The molecular formula is C9H11ClN2OS. The highest BCUT2D eigenvalue weighted by Crippen LogP contribution is 2.34. The molecule has 14 heavy (non-hydrogen) atoms. The van der Waals surface area contributed by atoms with Gasteiger partial charge in [-0.2, -0.15) is 0 Å². The quantitative estimate of drug-likeness (QED) is 0.735. The SMILES string of the molecule is CSC1=NCC(C(=O)C2CC2)=C(Cl)N1. The van der Waals surface area contributed by atoms with Crippen LogP contribution < -0.4 is 5.32 Å². The van der Waals surface area contributed by atoms with Crippen LogP contribution >= 0.6 is 23.4 Å². The minimum absolute atomic E-state index is 0.173. The number of hydrogen-bond acceptors (Lipinski definition) is 4. The molecule has 0 unspecified atom stereocenters. The minimum Gasteiger partial charge on any atom is -0.325 e. The fourth-order valence-corrected chi connectivity index (χ4v) is 2.02. The van der Waals surface area contributed by atoms with Gasteiger partial charge in [-0.25, -0.2) is 0 Å². The molecule has 0 bridgehead atoms. The molecule has 3 nitrogen and oxygen atoms in total. The Bertz CT molecular complexity index is 334. The second kappa shape index (κ2) is 3.95. The minimum atomic E-state index is 0.173. The van der Waals surface area contributed by atoms with Crippen LogP contribution in [0.25, 0.3) is 0 Å². The number of carbonyl (C=O) groups excluding carboxylic acids is 1. The van der Waals surface area contributed by atoms with E-state index in [9.17, 15) is 4.79 Å². The van der Waals surface area contributed by atoms with E-state index in [1.807, 2.05) is 6.26 Å². The van der Waals surface area contributed by atoms with Gasteiger partial charge in [0.25, 0.3) is 0 Å². The summed E-state index contributed by atoms with van der Waals surface area (Å²) in [5.41, 5.74) is 0.645. The lowest BCUT2D eigenvalue weighted by atomic mass is 10.1. The van der Waals surface area contributed by atoms with Crippen LogP contribution in [0, 0.1) is 5.92 Å². The molecule has 76 valence electrons. The van der Waals surface area contributed by atoms with Crippen molar-refractivity contribution < 1.29 is 4.79 Å². The lowest BCUT2D eigenvalue weighted by Gasteiger charge is -2.15. The number of nitrogens with one attached hydrogen (secondary N) is 1. The van der Waals surface area contributed by atoms with Gasteiger partial charge in [-0.3, -0.25) is 9.79 Å². The molecule has 1 aliphatic carbocycles. The van der Waals surface area contributed by atoms with E-state index in [-0.39, 0.29) is 11.7 Å². The highest BCUT2D eigenvalue weighted by atomic mass is 35.5. The highest BCUT2D eigenvalue weighted by Gasteiger charge is 2.33. The van der Waals surface area contributed by atoms with Gasteiger partial charge in [-0.1, -0.05) is 23.4 Å². The van der Waals surface area contributed by atoms with Crippen LogP contribution in [0.3, 0.4) is 0 Å². The molecule has 5 heteroatoms. The Labute approximate surface area is 92.0 Å². The molecular weight excluding hydrogens is 220 g/mol. The van der Waals surface area contributed by atoms with Gasteiger partial charge in [0.2, 0.25) is 0 Å². The molecule has 1 aliphatic heterocycles. The van der Waals surface area contributed by atoms with Gasteiger partial charge in [-0.05, 0) is 19.1 Å². The van der Waals surface area contributed by atoms with E-state index >= 15 is 0 Å². The van der Waals surface area contributed by atoms with Crippen molar-refractivity contribution in [2.75, 3.05) is 12.8 Å². The molecule has 0 aromatic heterocycles. The van der Waals surface area contributed by atoms with Crippen LogP contribution in [0.4, 0.5) is 0 Å². The predicted molar refractivity (Wildman–Crippen MR) is 59.6 cm³/mol. The van der Waals surface area contributed by atoms with Crippen molar-refractivity contribution in [1.82, 2.24) is 5.32 Å². The molecule has 0 aromatic carbocycles. The molecule has 0 aromatic rings. The van der Waals surface area contributed by atoms with Gasteiger partial charge in [0.05, 0.1) is 12.1 Å². The van der Waals surface area contributed by atoms with Crippen molar-refractivity contribution in [3.05, 3.63) is 10.7 Å². The molecule has 0 atom stereocenters. The molecule has 2 aliphatic rings. The van der Waals surface area contributed by atoms with E-state index in [1.165, 1.54) is 11.8 Å². The summed E-state index contributed by atoms with van der Waals surface area (Å²) in [5.74, 6) is 0.387. The maximum Gasteiger partial charge on any atom is 0.166 e. The molecule has 0 radical (unpaired) electrons. The first-order valence-electron chi connectivity index (χ1n) is 4.50. The average Bonchev–Trinajstić information content (AvgIpc) is 3.00. The number of nitrogens with zero attached hydrogens (tertiary/aromatic N) is 1. The van der Waals surface area contributed by atoms with Gasteiger partial charge < -0.3 is 5.32 Å². The molecule has 0 saturated heterocycles. The number of aliphatic imine (C=N–C) groups is 1. The Hall–Kier alpha value is -0.480. The van der Waals surface area contributed by atoms with Crippen LogP contribution in [0.15, 0.2) is 15.7 Å². The van der Waals surface area contributed by atoms with Crippen LogP contribution in [0.1, 0.15) is 12.8 Å². The predicted octanol–water partition coefficient (Wildman–Crippen LogP) is 1.74. The molecule has 0 spiro atoms. The van der Waals surface area contributed by atoms with E-state index in [1.54, 1.807) is 0 Å². The van der Waals surface area contributed by atoms with E-state index in [0.29, 0.717) is 17.3 Å². The Morgan fingerprint density at radius 2 is 2.36 bits per heavy atom. The number of Topliss-reactive ketones (excluding diaryl/α,β-unsaturated/α-hetero) is 1. The van der Waals surface area contributed by atoms with Gasteiger partial charge in [0, 0.05) is 5.92 Å². The Morgan fingerprint density at radius 1 is 1.64 bits per heavy atom. The summed E-state index contributed by atoms with van der Waals surface area (Å²) >= 11 is 7.47. The average molecular weight is 231 g/mol. The highest BCUT2D eigenvalue weighted by molar-refractivity contribution is 8.13. The molecule has 1 heterocycles. The summed E-state index contributed by atoms with van der Waals surface area (Å²) in [6.07, 6.45) is 3.93. The number of thioether (sulfide) groups is 1. The van der Waals surface area contributed by atoms with E-state index in [0.717, 1.165) is 18.0 Å². The fraction of sp³-hybridized carbons (Fsp3) is 0.556. The van der Waals surface area contributed by atoms with Gasteiger partial charge in [0.15, 0.2) is 11.0 Å². The van der Waals surface area contributed by atoms with Crippen molar-refractivity contribution in [1.29, 1.82) is 0 Å².